The van der Waals surface area contributed by atoms with Gasteiger partial charge in [0.15, 0.2) is 9.84 Å². The van der Waals surface area contributed by atoms with Crippen LogP contribution in [0.4, 0.5) is 11.6 Å². The number of esters is 1. The van der Waals surface area contributed by atoms with Gasteiger partial charge in [-0.2, -0.15) is 0 Å². The van der Waals surface area contributed by atoms with E-state index in [1.54, 1.807) is 24.5 Å². The molecule has 6 atom stereocenters. The summed E-state index contributed by atoms with van der Waals surface area (Å²) < 4.78 is 35.6. The fraction of sp³-hybridized carbons (Fsp3) is 0.500. The van der Waals surface area contributed by atoms with Gasteiger partial charge in [-0.05, 0) is 49.4 Å². The number of anilines is 2. The molecule has 10 nitrogen and oxygen atoms in total. The summed E-state index contributed by atoms with van der Waals surface area (Å²) in [5.41, 5.74) is 8.01. The summed E-state index contributed by atoms with van der Waals surface area (Å²) in [6, 6.07) is 5.34. The van der Waals surface area contributed by atoms with E-state index in [9.17, 15) is 13.2 Å². The molecular formula is C28H35N5O5S. The average molecular weight is 554 g/mol. The van der Waals surface area contributed by atoms with Gasteiger partial charge >= 0.3 is 5.97 Å². The first-order valence-electron chi connectivity index (χ1n) is 13.2. The predicted molar refractivity (Wildman–Crippen MR) is 149 cm³/mol. The van der Waals surface area contributed by atoms with E-state index in [0.717, 1.165) is 10.9 Å². The van der Waals surface area contributed by atoms with Crippen LogP contribution in [-0.4, -0.2) is 53.1 Å². The molecule has 4 heterocycles. The van der Waals surface area contributed by atoms with E-state index in [4.69, 9.17) is 20.2 Å². The number of sulfone groups is 1. The lowest BCUT2D eigenvalue weighted by Crippen LogP contribution is -2.51. The van der Waals surface area contributed by atoms with E-state index in [0.29, 0.717) is 47.0 Å². The summed E-state index contributed by atoms with van der Waals surface area (Å²) in [6.07, 6.45) is 5.28. The minimum absolute atomic E-state index is 0.0416. The van der Waals surface area contributed by atoms with E-state index in [1.807, 2.05) is 40.7 Å². The van der Waals surface area contributed by atoms with Gasteiger partial charge in [-0.15, -0.1) is 0 Å². The molecule has 3 aromatic heterocycles. The molecule has 0 bridgehead atoms. The van der Waals surface area contributed by atoms with Gasteiger partial charge in [0.2, 0.25) is 5.88 Å². The summed E-state index contributed by atoms with van der Waals surface area (Å²) in [4.78, 5) is 26.2. The van der Waals surface area contributed by atoms with Crippen molar-refractivity contribution in [1.29, 1.82) is 0 Å². The molecule has 2 aliphatic rings. The van der Waals surface area contributed by atoms with Crippen LogP contribution in [0, 0.1) is 5.92 Å². The number of carbonyl (C=O) groups excluding carboxylic acids is 1. The summed E-state index contributed by atoms with van der Waals surface area (Å²) in [7, 11) is -3.13. The number of aromatic nitrogens is 3. The normalized spacial score (nSPS) is 26.2. The molecule has 1 aliphatic heterocycles. The summed E-state index contributed by atoms with van der Waals surface area (Å²) in [6.45, 7) is 9.70. The van der Waals surface area contributed by atoms with E-state index in [2.05, 4.69) is 15.3 Å². The molecule has 0 spiro atoms. The van der Waals surface area contributed by atoms with E-state index in [1.165, 1.54) is 6.26 Å². The number of hydrogen-bond acceptors (Lipinski definition) is 10. The van der Waals surface area contributed by atoms with Crippen LogP contribution in [0.1, 0.15) is 75.0 Å². The molecule has 0 unspecified atom stereocenters. The third kappa shape index (κ3) is 4.93. The lowest BCUT2D eigenvalue weighted by molar-refractivity contribution is 0.0235. The number of pyridine rings is 3. The largest absolute Gasteiger partial charge is 0.473 e. The topological polar surface area (TPSA) is 146 Å². The predicted octanol–water partition coefficient (Wildman–Crippen LogP) is 4.22. The quantitative estimate of drug-likeness (QED) is 0.408. The number of ether oxygens (including phenoxy) is 2. The van der Waals surface area contributed by atoms with Gasteiger partial charge in [0.1, 0.15) is 23.8 Å². The zero-order chi connectivity index (χ0) is 28.3. The van der Waals surface area contributed by atoms with Crippen molar-refractivity contribution in [3.8, 4) is 5.88 Å². The highest BCUT2D eigenvalue weighted by atomic mass is 32.2. The Labute approximate surface area is 228 Å². The van der Waals surface area contributed by atoms with Crippen LogP contribution in [0.2, 0.25) is 0 Å². The SMILES string of the molecule is CC[C@@](C)(N)c1cnc(O[C@@H]2C[C@H](S(C)(=O)=O)[C@H]2C)c2cnc(Nc3ccc4c(n3)[C@@H](C)[C@H](C)OC4=O)cc12. The second-order valence-corrected chi connectivity index (χ2v) is 13.4. The van der Waals surface area contributed by atoms with Gasteiger partial charge in [0.25, 0.3) is 0 Å². The first-order valence-corrected chi connectivity index (χ1v) is 15.2. The zero-order valence-corrected chi connectivity index (χ0v) is 23.9. The number of rotatable bonds is 7. The smallest absolute Gasteiger partial charge is 0.340 e. The molecule has 0 saturated heterocycles. The van der Waals surface area contributed by atoms with Gasteiger partial charge in [0, 0.05) is 42.4 Å². The average Bonchev–Trinajstić information content (AvgIpc) is 2.88. The van der Waals surface area contributed by atoms with E-state index >= 15 is 0 Å². The number of fused-ring (bicyclic) bond motifs is 2. The Morgan fingerprint density at radius 1 is 1.15 bits per heavy atom. The highest BCUT2D eigenvalue weighted by Crippen LogP contribution is 2.40. The van der Waals surface area contributed by atoms with Gasteiger partial charge in [0.05, 0.1) is 21.9 Å². The van der Waals surface area contributed by atoms with Crippen molar-refractivity contribution >= 4 is 38.2 Å². The molecule has 0 amide bonds. The van der Waals surface area contributed by atoms with Crippen molar-refractivity contribution in [2.75, 3.05) is 11.6 Å². The van der Waals surface area contributed by atoms with E-state index < -0.39 is 20.6 Å². The molecule has 11 heteroatoms. The number of nitrogens with two attached hydrogens (primary N) is 1. The molecule has 3 N–H and O–H groups in total. The number of hydrogen-bond donors (Lipinski definition) is 2. The van der Waals surface area contributed by atoms with Crippen molar-refractivity contribution in [1.82, 2.24) is 15.0 Å². The fourth-order valence-electron chi connectivity index (χ4n) is 5.24. The number of nitrogens with zero attached hydrogens (tertiary/aromatic N) is 3. The third-order valence-corrected chi connectivity index (χ3v) is 10.1. The van der Waals surface area contributed by atoms with Crippen LogP contribution >= 0.6 is 0 Å². The Morgan fingerprint density at radius 3 is 2.56 bits per heavy atom. The molecule has 1 aliphatic carbocycles. The van der Waals surface area contributed by atoms with Crippen molar-refractivity contribution in [2.24, 2.45) is 11.7 Å². The van der Waals surface area contributed by atoms with Gasteiger partial charge in [-0.25, -0.2) is 28.2 Å². The second kappa shape index (κ2) is 9.71. The maximum atomic E-state index is 12.3. The first-order chi connectivity index (χ1) is 18.3. The molecular weight excluding hydrogens is 518 g/mol. The van der Waals surface area contributed by atoms with Crippen molar-refractivity contribution < 1.29 is 22.7 Å². The second-order valence-electron chi connectivity index (χ2n) is 11.1. The number of nitrogens with one attached hydrogen (secondary N) is 1. The van der Waals surface area contributed by atoms with Crippen LogP contribution in [-0.2, 0) is 20.1 Å². The van der Waals surface area contributed by atoms with Crippen LogP contribution in [0.5, 0.6) is 5.88 Å². The first kappa shape index (κ1) is 27.3. The van der Waals surface area contributed by atoms with Crippen molar-refractivity contribution in [3.05, 3.63) is 47.4 Å². The summed E-state index contributed by atoms with van der Waals surface area (Å²) in [5, 5.41) is 4.38. The van der Waals surface area contributed by atoms with Crippen molar-refractivity contribution in [2.45, 2.75) is 76.4 Å². The van der Waals surface area contributed by atoms with Gasteiger partial charge < -0.3 is 20.5 Å². The Hall–Kier alpha value is -3.31. The van der Waals surface area contributed by atoms with Crippen LogP contribution in [0.3, 0.4) is 0 Å². The van der Waals surface area contributed by atoms with Crippen molar-refractivity contribution in [3.63, 3.8) is 0 Å². The minimum Gasteiger partial charge on any atom is -0.473 e. The zero-order valence-electron chi connectivity index (χ0n) is 23.1. The monoisotopic (exact) mass is 553 g/mol. The fourth-order valence-corrected chi connectivity index (χ4v) is 6.73. The third-order valence-electron chi connectivity index (χ3n) is 8.36. The van der Waals surface area contributed by atoms with Crippen LogP contribution < -0.4 is 15.8 Å². The Kier molecular flexibility index (Phi) is 6.79. The summed E-state index contributed by atoms with van der Waals surface area (Å²) in [5.74, 6) is 0.958. The standard InChI is InChI=1S/C28H35N5O5S/c1-7-28(5,29)20-13-31-26(38-21-11-22(15(21)3)39(6,35)36)19-12-30-24(10-18(19)20)32-23-9-8-17-25(33-23)14(2)16(4)37-27(17)34/h8-10,12-16,21-22H,7,11,29H2,1-6H3,(H,30,32,33)/t14-,15-,16-,21+,22-,28+/m0/s1. The number of carbonyl (C=O) groups is 1. The maximum Gasteiger partial charge on any atom is 0.340 e. The summed E-state index contributed by atoms with van der Waals surface area (Å²) >= 11 is 0. The minimum atomic E-state index is -3.13. The maximum absolute atomic E-state index is 12.3. The molecule has 39 heavy (non-hydrogen) atoms. The Morgan fingerprint density at radius 2 is 1.90 bits per heavy atom. The van der Waals surface area contributed by atoms with Crippen LogP contribution in [0.25, 0.3) is 10.8 Å². The molecule has 1 saturated carbocycles. The highest BCUT2D eigenvalue weighted by Gasteiger charge is 2.46. The molecule has 208 valence electrons. The molecule has 0 radical (unpaired) electrons. The van der Waals surface area contributed by atoms with Gasteiger partial charge in [-0.1, -0.05) is 20.8 Å². The van der Waals surface area contributed by atoms with E-state index in [-0.39, 0.29) is 30.0 Å². The molecule has 1 fully saturated rings. The lowest BCUT2D eigenvalue weighted by atomic mass is 9.82. The number of cyclic esters (lactones) is 1. The Balaban J connectivity index is 1.50. The highest BCUT2D eigenvalue weighted by molar-refractivity contribution is 7.91. The van der Waals surface area contributed by atoms with Gasteiger partial charge in [-0.3, -0.25) is 0 Å². The molecule has 5 rings (SSSR count). The molecule has 0 aromatic carbocycles. The van der Waals surface area contributed by atoms with Crippen LogP contribution in [0.15, 0.2) is 30.6 Å². The lowest BCUT2D eigenvalue weighted by Gasteiger charge is -2.40. The molecule has 3 aromatic rings. The Bertz CT molecular complexity index is 1560.